The lowest BCUT2D eigenvalue weighted by molar-refractivity contribution is -0.273. The van der Waals surface area contributed by atoms with Gasteiger partial charge in [-0.15, -0.1) is 0 Å². The second-order valence-corrected chi connectivity index (χ2v) is 6.88. The number of Topliss-reactive ketones (excluding diaryl/α,β-unsaturated/α-hetero) is 2. The number of hydrogen-bond acceptors (Lipinski definition) is 4. The van der Waals surface area contributed by atoms with Gasteiger partial charge in [-0.3, -0.25) is 9.59 Å². The zero-order valence-electron chi connectivity index (χ0n) is 13.5. The van der Waals surface area contributed by atoms with Crippen molar-refractivity contribution >= 4 is 23.3 Å². The topological polar surface area (TPSA) is 43.4 Å². The van der Waals surface area contributed by atoms with Crippen molar-refractivity contribution in [3.05, 3.63) is 59.4 Å². The lowest BCUT2D eigenvalue weighted by atomic mass is 10.0. The molecule has 0 saturated carbocycles. The fourth-order valence-corrected chi connectivity index (χ4v) is 3.21. The van der Waals surface area contributed by atoms with Crippen LogP contribution in [0.1, 0.15) is 33.6 Å². The molecule has 0 aromatic heterocycles. The van der Waals surface area contributed by atoms with E-state index in [-0.39, 0.29) is 40.6 Å². The Morgan fingerprint density at radius 1 is 0.963 bits per heavy atom. The molecule has 0 aliphatic carbocycles. The minimum Gasteiger partial charge on any atom is -0.426 e. The van der Waals surface area contributed by atoms with Gasteiger partial charge in [0, 0.05) is 18.4 Å². The standard InChI is InChI=1S/C18H11F5O3S/c19-12-4-2-1-3-11(12)14(25)7-6-13(24)10-5-8-16-15(9-10)26-17(20,21)18(22,23)27-16/h1-5,8-9H,6-7H2. The van der Waals surface area contributed by atoms with E-state index in [1.807, 2.05) is 0 Å². The van der Waals surface area contributed by atoms with Crippen molar-refractivity contribution in [3.8, 4) is 5.75 Å². The number of thioether (sulfide) groups is 1. The molecule has 2 aromatic carbocycles. The highest BCUT2D eigenvalue weighted by Gasteiger charge is 2.63. The number of carbonyl (C=O) groups excluding carboxylic acids is 2. The van der Waals surface area contributed by atoms with Crippen LogP contribution in [0, 0.1) is 5.82 Å². The molecule has 0 saturated heterocycles. The summed E-state index contributed by atoms with van der Waals surface area (Å²) in [6.07, 6.45) is -5.31. The van der Waals surface area contributed by atoms with Crippen LogP contribution in [0.4, 0.5) is 22.0 Å². The lowest BCUT2D eigenvalue weighted by Crippen LogP contribution is -2.45. The Bertz CT molecular complexity index is 914. The fraction of sp³-hybridized carbons (Fsp3) is 0.222. The second-order valence-electron chi connectivity index (χ2n) is 5.73. The summed E-state index contributed by atoms with van der Waals surface area (Å²) in [4.78, 5) is 24.0. The van der Waals surface area contributed by atoms with E-state index in [0.717, 1.165) is 18.2 Å². The Labute approximate surface area is 154 Å². The first-order valence-corrected chi connectivity index (χ1v) is 8.51. The molecular formula is C18H11F5O3S. The SMILES string of the molecule is O=C(CCC(=O)c1ccccc1F)c1ccc2c(c1)OC(F)(F)C(F)(F)S2. The minimum absolute atomic E-state index is 0.0725. The molecule has 1 heterocycles. The van der Waals surface area contributed by atoms with Crippen LogP contribution in [0.2, 0.25) is 0 Å². The molecule has 0 atom stereocenters. The normalized spacial score (nSPS) is 16.9. The first kappa shape index (κ1) is 19.3. The highest BCUT2D eigenvalue weighted by molar-refractivity contribution is 8.00. The van der Waals surface area contributed by atoms with E-state index in [4.69, 9.17) is 0 Å². The number of rotatable bonds is 5. The van der Waals surface area contributed by atoms with E-state index in [2.05, 4.69) is 4.74 Å². The molecule has 9 heteroatoms. The van der Waals surface area contributed by atoms with Crippen LogP contribution in [0.25, 0.3) is 0 Å². The molecule has 0 radical (unpaired) electrons. The monoisotopic (exact) mass is 402 g/mol. The van der Waals surface area contributed by atoms with Gasteiger partial charge >= 0.3 is 11.4 Å². The molecule has 0 bridgehead atoms. The molecule has 0 N–H and O–H groups in total. The average Bonchev–Trinajstić information content (AvgIpc) is 2.60. The van der Waals surface area contributed by atoms with E-state index in [1.54, 1.807) is 0 Å². The maximum Gasteiger partial charge on any atom is 0.475 e. The van der Waals surface area contributed by atoms with Crippen LogP contribution in [0.3, 0.4) is 0 Å². The molecule has 2 aromatic rings. The van der Waals surface area contributed by atoms with Gasteiger partial charge < -0.3 is 4.74 Å². The van der Waals surface area contributed by atoms with Gasteiger partial charge in [-0.25, -0.2) is 4.39 Å². The molecule has 0 spiro atoms. The number of carbonyl (C=O) groups is 2. The quantitative estimate of drug-likeness (QED) is 0.500. The smallest absolute Gasteiger partial charge is 0.426 e. The number of halogens is 5. The molecule has 27 heavy (non-hydrogen) atoms. The van der Waals surface area contributed by atoms with Gasteiger partial charge in [0.1, 0.15) is 11.6 Å². The van der Waals surface area contributed by atoms with Gasteiger partial charge in [-0.05, 0) is 36.0 Å². The summed E-state index contributed by atoms with van der Waals surface area (Å²) in [6.45, 7) is 0. The van der Waals surface area contributed by atoms with Gasteiger partial charge in [0.2, 0.25) is 0 Å². The van der Waals surface area contributed by atoms with Crippen molar-refractivity contribution in [2.45, 2.75) is 29.1 Å². The van der Waals surface area contributed by atoms with Gasteiger partial charge in [0.25, 0.3) is 0 Å². The Kier molecular flexibility index (Phi) is 4.98. The highest BCUT2D eigenvalue weighted by Crippen LogP contribution is 2.54. The van der Waals surface area contributed by atoms with E-state index < -0.39 is 34.5 Å². The van der Waals surface area contributed by atoms with Crippen LogP contribution in [0.15, 0.2) is 47.4 Å². The zero-order valence-corrected chi connectivity index (χ0v) is 14.3. The van der Waals surface area contributed by atoms with Crippen LogP contribution in [-0.2, 0) is 0 Å². The number of alkyl halides is 4. The third-order valence-electron chi connectivity index (χ3n) is 3.83. The lowest BCUT2D eigenvalue weighted by Gasteiger charge is -2.31. The van der Waals surface area contributed by atoms with Gasteiger partial charge in [0.15, 0.2) is 11.6 Å². The maximum atomic E-state index is 13.6. The molecule has 142 valence electrons. The highest BCUT2D eigenvalue weighted by atomic mass is 32.2. The van der Waals surface area contributed by atoms with Crippen LogP contribution in [-0.4, -0.2) is 22.9 Å². The van der Waals surface area contributed by atoms with Crippen LogP contribution < -0.4 is 4.74 Å². The van der Waals surface area contributed by atoms with Crippen LogP contribution >= 0.6 is 11.8 Å². The largest absolute Gasteiger partial charge is 0.475 e. The minimum atomic E-state index is -4.72. The maximum absolute atomic E-state index is 13.6. The molecule has 0 amide bonds. The van der Waals surface area contributed by atoms with E-state index in [1.165, 1.54) is 24.3 Å². The second kappa shape index (κ2) is 6.95. The molecule has 1 aliphatic heterocycles. The van der Waals surface area contributed by atoms with E-state index in [0.29, 0.717) is 0 Å². The molecule has 3 rings (SSSR count). The Morgan fingerprint density at radius 3 is 2.33 bits per heavy atom. The number of hydrogen-bond donors (Lipinski definition) is 0. The van der Waals surface area contributed by atoms with Gasteiger partial charge in [0.05, 0.1) is 10.5 Å². The summed E-state index contributed by atoms with van der Waals surface area (Å²) in [5, 5.41) is -4.43. The van der Waals surface area contributed by atoms with Gasteiger partial charge in [-0.2, -0.15) is 17.6 Å². The molecule has 0 unspecified atom stereocenters. The first-order chi connectivity index (χ1) is 12.6. The van der Waals surface area contributed by atoms with Crippen molar-refractivity contribution in [3.63, 3.8) is 0 Å². The Hall–Kier alpha value is -2.42. The van der Waals surface area contributed by atoms with E-state index in [9.17, 15) is 31.5 Å². The summed E-state index contributed by atoms with van der Waals surface area (Å²) in [7, 11) is 0. The summed E-state index contributed by atoms with van der Waals surface area (Å²) >= 11 is -0.357. The Balaban J connectivity index is 1.72. The van der Waals surface area contributed by atoms with Crippen molar-refractivity contribution in [1.82, 2.24) is 0 Å². The van der Waals surface area contributed by atoms with Crippen molar-refractivity contribution < 1.29 is 36.3 Å². The van der Waals surface area contributed by atoms with Crippen LogP contribution in [0.5, 0.6) is 5.75 Å². The molecular weight excluding hydrogens is 391 g/mol. The molecule has 1 aliphatic rings. The summed E-state index contributed by atoms with van der Waals surface area (Å²) in [6, 6.07) is 8.49. The molecule has 3 nitrogen and oxygen atoms in total. The average molecular weight is 402 g/mol. The third kappa shape index (κ3) is 3.83. The molecule has 0 fully saturated rings. The predicted octanol–water partition coefficient (Wildman–Crippen LogP) is 5.34. The van der Waals surface area contributed by atoms with E-state index >= 15 is 0 Å². The summed E-state index contributed by atoms with van der Waals surface area (Å²) in [5.41, 5.74) is -0.228. The van der Waals surface area contributed by atoms with Crippen molar-refractivity contribution in [2.75, 3.05) is 0 Å². The first-order valence-electron chi connectivity index (χ1n) is 7.69. The zero-order chi connectivity index (χ0) is 19.8. The van der Waals surface area contributed by atoms with Crippen molar-refractivity contribution in [2.24, 2.45) is 0 Å². The predicted molar refractivity (Wildman–Crippen MR) is 87.1 cm³/mol. The third-order valence-corrected chi connectivity index (χ3v) is 4.89. The van der Waals surface area contributed by atoms with Crippen molar-refractivity contribution in [1.29, 1.82) is 0 Å². The Morgan fingerprint density at radius 2 is 1.63 bits per heavy atom. The number of ketones is 2. The summed E-state index contributed by atoms with van der Waals surface area (Å²) in [5.74, 6) is -2.42. The number of ether oxygens (including phenoxy) is 1. The number of benzene rings is 2. The number of fused-ring (bicyclic) bond motifs is 1. The van der Waals surface area contributed by atoms with Gasteiger partial charge in [-0.1, -0.05) is 18.2 Å². The summed E-state index contributed by atoms with van der Waals surface area (Å²) < 4.78 is 70.8. The fourth-order valence-electron chi connectivity index (χ4n) is 2.43.